The predicted octanol–water partition coefficient (Wildman–Crippen LogP) is 1.26. The number of likely N-dealkylation sites (N-methyl/N-ethyl adjacent to an activating group) is 1. The van der Waals surface area contributed by atoms with E-state index in [9.17, 15) is 4.79 Å². The lowest BCUT2D eigenvalue weighted by Crippen LogP contribution is -2.58. The lowest BCUT2D eigenvalue weighted by atomic mass is 9.85. The Morgan fingerprint density at radius 3 is 2.80 bits per heavy atom. The molecule has 0 radical (unpaired) electrons. The van der Waals surface area contributed by atoms with E-state index >= 15 is 0 Å². The second-order valence-corrected chi connectivity index (χ2v) is 8.67. The second kappa shape index (κ2) is 6.93. The number of hydrogen-bond donors (Lipinski definition) is 0. The lowest BCUT2D eigenvalue weighted by Gasteiger charge is -2.47. The summed E-state index contributed by atoms with van der Waals surface area (Å²) in [6, 6.07) is 0. The standard InChI is InChI=1S/C18H29N5OS/c1-20-9-4-18(5-10-20)14-22(8-3-7-21(18)2)16(24)12-15-13-25-17-19-6-11-23(15)17/h13H,3-12,14H2,1-2H3. The average Bonchev–Trinajstić information content (AvgIpc) is 3.17. The molecule has 0 N–H and O–H groups in total. The maximum absolute atomic E-state index is 13.1. The third-order valence-electron chi connectivity index (χ3n) is 6.27. The van der Waals surface area contributed by atoms with Crippen molar-refractivity contribution in [3.8, 4) is 0 Å². The number of thioether (sulfide) groups is 1. The Morgan fingerprint density at radius 1 is 1.20 bits per heavy atom. The van der Waals surface area contributed by atoms with Crippen molar-refractivity contribution < 1.29 is 4.79 Å². The van der Waals surface area contributed by atoms with E-state index in [0.717, 1.165) is 75.9 Å². The monoisotopic (exact) mass is 363 g/mol. The van der Waals surface area contributed by atoms with Gasteiger partial charge in [-0.15, -0.1) is 0 Å². The van der Waals surface area contributed by atoms with Crippen molar-refractivity contribution in [1.29, 1.82) is 0 Å². The molecule has 0 bridgehead atoms. The summed E-state index contributed by atoms with van der Waals surface area (Å²) < 4.78 is 0. The van der Waals surface area contributed by atoms with Crippen molar-refractivity contribution in [2.75, 3.05) is 59.9 Å². The normalized spacial score (nSPS) is 27.3. The van der Waals surface area contributed by atoms with Gasteiger partial charge >= 0.3 is 0 Å². The first kappa shape index (κ1) is 17.4. The minimum Gasteiger partial charge on any atom is -0.340 e. The van der Waals surface area contributed by atoms with Gasteiger partial charge in [-0.1, -0.05) is 11.8 Å². The number of rotatable bonds is 2. The zero-order valence-electron chi connectivity index (χ0n) is 15.4. The molecule has 4 aliphatic heterocycles. The van der Waals surface area contributed by atoms with E-state index in [1.165, 1.54) is 0 Å². The van der Waals surface area contributed by atoms with Crippen LogP contribution < -0.4 is 0 Å². The molecule has 1 amide bonds. The van der Waals surface area contributed by atoms with E-state index in [1.54, 1.807) is 11.8 Å². The molecule has 0 aliphatic carbocycles. The summed E-state index contributed by atoms with van der Waals surface area (Å²) in [4.78, 5) is 26.9. The molecular weight excluding hydrogens is 334 g/mol. The fraction of sp³-hybridized carbons (Fsp3) is 0.778. The summed E-state index contributed by atoms with van der Waals surface area (Å²) in [5.74, 6) is 0.286. The molecular formula is C18H29N5OS. The van der Waals surface area contributed by atoms with E-state index in [1.807, 2.05) is 0 Å². The summed E-state index contributed by atoms with van der Waals surface area (Å²) in [6.07, 6.45) is 3.91. The predicted molar refractivity (Wildman–Crippen MR) is 103 cm³/mol. The van der Waals surface area contributed by atoms with Crippen molar-refractivity contribution >= 4 is 22.8 Å². The zero-order chi connectivity index (χ0) is 17.4. The van der Waals surface area contributed by atoms with E-state index in [0.29, 0.717) is 6.42 Å². The van der Waals surface area contributed by atoms with Gasteiger partial charge in [-0.05, 0) is 51.9 Å². The van der Waals surface area contributed by atoms with Crippen LogP contribution in [0.25, 0.3) is 0 Å². The van der Waals surface area contributed by atoms with Crippen molar-refractivity contribution in [1.82, 2.24) is 19.6 Å². The molecule has 4 heterocycles. The quantitative estimate of drug-likeness (QED) is 0.739. The van der Waals surface area contributed by atoms with Crippen LogP contribution in [0.15, 0.2) is 16.1 Å². The molecule has 7 heteroatoms. The van der Waals surface area contributed by atoms with Crippen molar-refractivity contribution in [2.45, 2.75) is 31.2 Å². The Kier molecular flexibility index (Phi) is 4.81. The SMILES string of the molecule is CN1CCC2(CC1)CN(C(=O)CC1=CSC3=NCCN13)CCCN2C. The Morgan fingerprint density at radius 2 is 2.00 bits per heavy atom. The van der Waals surface area contributed by atoms with E-state index in [2.05, 4.69) is 44.1 Å². The molecule has 0 aromatic carbocycles. The van der Waals surface area contributed by atoms with Gasteiger partial charge in [0.05, 0.1) is 13.0 Å². The number of piperidine rings is 1. The average molecular weight is 364 g/mol. The molecule has 138 valence electrons. The summed E-state index contributed by atoms with van der Waals surface area (Å²) >= 11 is 1.67. The summed E-state index contributed by atoms with van der Waals surface area (Å²) in [5.41, 5.74) is 1.30. The smallest absolute Gasteiger partial charge is 0.228 e. The molecule has 0 saturated carbocycles. The summed E-state index contributed by atoms with van der Waals surface area (Å²) in [5, 5.41) is 3.19. The van der Waals surface area contributed by atoms with Crippen LogP contribution in [0.2, 0.25) is 0 Å². The van der Waals surface area contributed by atoms with Crippen LogP contribution in [0, 0.1) is 0 Å². The number of likely N-dealkylation sites (tertiary alicyclic amines) is 1. The fourth-order valence-corrected chi connectivity index (χ4v) is 5.41. The fourth-order valence-electron chi connectivity index (χ4n) is 4.46. The molecule has 2 fully saturated rings. The molecule has 0 aromatic heterocycles. The summed E-state index contributed by atoms with van der Waals surface area (Å²) in [7, 11) is 4.45. The third-order valence-corrected chi connectivity index (χ3v) is 7.22. The first-order valence-electron chi connectivity index (χ1n) is 9.43. The Balaban J connectivity index is 1.44. The van der Waals surface area contributed by atoms with Gasteiger partial charge in [0.25, 0.3) is 0 Å². The number of aliphatic imine (C=N–C) groups is 1. The van der Waals surface area contributed by atoms with Crippen LogP contribution in [0.1, 0.15) is 25.7 Å². The minimum absolute atomic E-state index is 0.164. The number of fused-ring (bicyclic) bond motifs is 1. The molecule has 0 unspecified atom stereocenters. The van der Waals surface area contributed by atoms with Gasteiger partial charge in [0.15, 0.2) is 5.17 Å². The van der Waals surface area contributed by atoms with Gasteiger partial charge < -0.3 is 14.7 Å². The van der Waals surface area contributed by atoms with Gasteiger partial charge in [0.1, 0.15) is 0 Å². The molecule has 1 spiro atoms. The molecule has 2 saturated heterocycles. The van der Waals surface area contributed by atoms with Crippen LogP contribution >= 0.6 is 11.8 Å². The van der Waals surface area contributed by atoms with Crippen LogP contribution in [0.4, 0.5) is 0 Å². The highest BCUT2D eigenvalue weighted by molar-refractivity contribution is 8.16. The third kappa shape index (κ3) is 3.34. The van der Waals surface area contributed by atoms with Crippen molar-refractivity contribution in [3.05, 3.63) is 11.1 Å². The Bertz CT molecular complexity index is 596. The molecule has 4 rings (SSSR count). The van der Waals surface area contributed by atoms with E-state index < -0.39 is 0 Å². The molecule has 25 heavy (non-hydrogen) atoms. The second-order valence-electron chi connectivity index (χ2n) is 7.84. The van der Waals surface area contributed by atoms with Crippen molar-refractivity contribution in [3.63, 3.8) is 0 Å². The van der Waals surface area contributed by atoms with Gasteiger partial charge in [0, 0.05) is 37.4 Å². The lowest BCUT2D eigenvalue weighted by molar-refractivity contribution is -0.132. The first-order valence-corrected chi connectivity index (χ1v) is 10.3. The van der Waals surface area contributed by atoms with Gasteiger partial charge in [-0.25, -0.2) is 0 Å². The number of amides is 1. The molecule has 6 nitrogen and oxygen atoms in total. The van der Waals surface area contributed by atoms with Crippen LogP contribution in [0.3, 0.4) is 0 Å². The number of amidine groups is 1. The number of nitrogens with zero attached hydrogens (tertiary/aromatic N) is 5. The largest absolute Gasteiger partial charge is 0.340 e. The van der Waals surface area contributed by atoms with Gasteiger partial charge in [0.2, 0.25) is 5.91 Å². The van der Waals surface area contributed by atoms with Crippen LogP contribution in [0.5, 0.6) is 0 Å². The van der Waals surface area contributed by atoms with Crippen LogP contribution in [-0.2, 0) is 4.79 Å². The zero-order valence-corrected chi connectivity index (χ0v) is 16.2. The van der Waals surface area contributed by atoms with E-state index in [-0.39, 0.29) is 11.4 Å². The number of carbonyl (C=O) groups excluding carboxylic acids is 1. The molecule has 4 aliphatic rings. The molecule has 0 aromatic rings. The minimum atomic E-state index is 0.164. The van der Waals surface area contributed by atoms with Gasteiger partial charge in [-0.2, -0.15) is 0 Å². The topological polar surface area (TPSA) is 42.4 Å². The Labute approximate surface area is 154 Å². The highest BCUT2D eigenvalue weighted by atomic mass is 32.2. The highest BCUT2D eigenvalue weighted by Crippen LogP contribution is 2.33. The Hall–Kier alpha value is -1.05. The maximum atomic E-state index is 13.1. The van der Waals surface area contributed by atoms with Crippen LogP contribution in [-0.4, -0.2) is 96.1 Å². The number of carbonyl (C=O) groups is 1. The highest BCUT2D eigenvalue weighted by Gasteiger charge is 2.41. The number of hydrogen-bond acceptors (Lipinski definition) is 6. The van der Waals surface area contributed by atoms with Crippen molar-refractivity contribution in [2.24, 2.45) is 4.99 Å². The van der Waals surface area contributed by atoms with Gasteiger partial charge in [-0.3, -0.25) is 14.7 Å². The summed E-state index contributed by atoms with van der Waals surface area (Å²) in [6.45, 7) is 6.91. The first-order chi connectivity index (χ1) is 12.1. The molecule has 0 atom stereocenters. The maximum Gasteiger partial charge on any atom is 0.228 e. The van der Waals surface area contributed by atoms with E-state index in [4.69, 9.17) is 0 Å².